The van der Waals surface area contributed by atoms with Crippen molar-refractivity contribution in [3.63, 3.8) is 0 Å². The minimum Gasteiger partial charge on any atom is -0.361 e. The summed E-state index contributed by atoms with van der Waals surface area (Å²) in [4.78, 5) is 4.55. The van der Waals surface area contributed by atoms with Crippen molar-refractivity contribution in [3.8, 4) is 0 Å². The second kappa shape index (κ2) is 5.81. The standard InChI is InChI=1S/C16H15ClN2S/c1-11-5-2-3-6-12(11)9-10-18-16-19-14-8-4-7-13(17)15(14)20-16/h2-8H,9-10H2,1H3,(H,18,19). The Morgan fingerprint density at radius 3 is 2.80 bits per heavy atom. The zero-order valence-electron chi connectivity index (χ0n) is 11.2. The van der Waals surface area contributed by atoms with Crippen LogP contribution in [0.1, 0.15) is 11.1 Å². The molecule has 0 aliphatic heterocycles. The lowest BCUT2D eigenvalue weighted by molar-refractivity contribution is 1.00. The monoisotopic (exact) mass is 302 g/mol. The molecule has 2 nitrogen and oxygen atoms in total. The van der Waals surface area contributed by atoms with Gasteiger partial charge in [0.1, 0.15) is 0 Å². The Morgan fingerprint density at radius 1 is 1.15 bits per heavy atom. The first kappa shape index (κ1) is 13.4. The summed E-state index contributed by atoms with van der Waals surface area (Å²) < 4.78 is 1.05. The van der Waals surface area contributed by atoms with Gasteiger partial charge in [-0.05, 0) is 36.6 Å². The Balaban J connectivity index is 1.68. The Morgan fingerprint density at radius 2 is 2.00 bits per heavy atom. The van der Waals surface area contributed by atoms with Gasteiger partial charge in [0.15, 0.2) is 5.13 Å². The van der Waals surface area contributed by atoms with Crippen molar-refractivity contribution in [2.75, 3.05) is 11.9 Å². The van der Waals surface area contributed by atoms with Gasteiger partial charge >= 0.3 is 0 Å². The van der Waals surface area contributed by atoms with Gasteiger partial charge in [0.2, 0.25) is 0 Å². The Labute approximate surface area is 127 Å². The molecule has 20 heavy (non-hydrogen) atoms. The summed E-state index contributed by atoms with van der Waals surface area (Å²) in [7, 11) is 0. The first-order chi connectivity index (χ1) is 9.74. The highest BCUT2D eigenvalue weighted by Gasteiger charge is 2.06. The number of hydrogen-bond acceptors (Lipinski definition) is 3. The average molecular weight is 303 g/mol. The number of hydrogen-bond donors (Lipinski definition) is 1. The number of thiazole rings is 1. The van der Waals surface area contributed by atoms with Gasteiger partial charge in [-0.25, -0.2) is 4.98 Å². The highest BCUT2D eigenvalue weighted by Crippen LogP contribution is 2.31. The molecule has 0 saturated heterocycles. The molecule has 1 heterocycles. The number of fused-ring (bicyclic) bond motifs is 1. The van der Waals surface area contributed by atoms with Crippen molar-refractivity contribution < 1.29 is 0 Å². The number of anilines is 1. The van der Waals surface area contributed by atoms with Gasteiger partial charge in [-0.15, -0.1) is 0 Å². The first-order valence-electron chi connectivity index (χ1n) is 6.57. The van der Waals surface area contributed by atoms with Crippen molar-refractivity contribution in [3.05, 3.63) is 58.6 Å². The van der Waals surface area contributed by atoms with Gasteiger partial charge in [-0.1, -0.05) is 53.3 Å². The largest absolute Gasteiger partial charge is 0.361 e. The summed E-state index contributed by atoms with van der Waals surface area (Å²) in [6.07, 6.45) is 0.996. The Hall–Kier alpha value is -1.58. The van der Waals surface area contributed by atoms with Crippen LogP contribution >= 0.6 is 22.9 Å². The fourth-order valence-corrected chi connectivity index (χ4v) is 3.37. The smallest absolute Gasteiger partial charge is 0.183 e. The predicted octanol–water partition coefficient (Wildman–Crippen LogP) is 4.91. The third-order valence-corrected chi connectivity index (χ3v) is 4.79. The summed E-state index contributed by atoms with van der Waals surface area (Å²) in [6, 6.07) is 14.3. The molecule has 0 amide bonds. The van der Waals surface area contributed by atoms with Gasteiger partial charge in [0.25, 0.3) is 0 Å². The van der Waals surface area contributed by atoms with Crippen molar-refractivity contribution in [1.82, 2.24) is 4.98 Å². The summed E-state index contributed by atoms with van der Waals surface area (Å²) in [5, 5.41) is 5.09. The van der Waals surface area contributed by atoms with E-state index in [4.69, 9.17) is 11.6 Å². The van der Waals surface area contributed by atoms with E-state index in [2.05, 4.69) is 41.5 Å². The van der Waals surface area contributed by atoms with Crippen LogP contribution in [0.3, 0.4) is 0 Å². The molecule has 0 atom stereocenters. The van der Waals surface area contributed by atoms with Gasteiger partial charge in [-0.3, -0.25) is 0 Å². The van der Waals surface area contributed by atoms with E-state index in [1.165, 1.54) is 11.1 Å². The first-order valence-corrected chi connectivity index (χ1v) is 7.77. The number of aromatic nitrogens is 1. The van der Waals surface area contributed by atoms with Crippen molar-refractivity contribution >= 4 is 38.3 Å². The van der Waals surface area contributed by atoms with Crippen molar-refractivity contribution in [1.29, 1.82) is 0 Å². The molecule has 0 unspecified atom stereocenters. The van der Waals surface area contributed by atoms with Crippen LogP contribution in [0.2, 0.25) is 5.02 Å². The van der Waals surface area contributed by atoms with E-state index < -0.39 is 0 Å². The molecule has 0 aliphatic carbocycles. The van der Waals surface area contributed by atoms with Crippen LogP contribution in [-0.4, -0.2) is 11.5 Å². The molecule has 0 radical (unpaired) electrons. The predicted molar refractivity (Wildman–Crippen MR) is 88.0 cm³/mol. The zero-order valence-corrected chi connectivity index (χ0v) is 12.8. The maximum absolute atomic E-state index is 6.16. The lowest BCUT2D eigenvalue weighted by Gasteiger charge is -2.05. The minimum absolute atomic E-state index is 0.770. The fraction of sp³-hybridized carbons (Fsp3) is 0.188. The number of aryl methyl sites for hydroxylation is 1. The SMILES string of the molecule is Cc1ccccc1CCNc1nc2cccc(Cl)c2s1. The van der Waals surface area contributed by atoms with Crippen LogP contribution in [0.15, 0.2) is 42.5 Å². The molecule has 102 valence electrons. The summed E-state index contributed by atoms with van der Waals surface area (Å²) >= 11 is 7.77. The van der Waals surface area contributed by atoms with Crippen LogP contribution in [0.5, 0.6) is 0 Å². The average Bonchev–Trinajstić information content (AvgIpc) is 2.85. The molecule has 0 saturated carbocycles. The maximum atomic E-state index is 6.16. The van der Waals surface area contributed by atoms with Crippen LogP contribution in [0.25, 0.3) is 10.2 Å². The molecular formula is C16H15ClN2S. The van der Waals surface area contributed by atoms with Gasteiger partial charge in [-0.2, -0.15) is 0 Å². The number of nitrogens with zero attached hydrogens (tertiary/aromatic N) is 1. The van der Waals surface area contributed by atoms with Crippen LogP contribution in [-0.2, 0) is 6.42 Å². The quantitative estimate of drug-likeness (QED) is 0.740. The number of benzene rings is 2. The van der Waals surface area contributed by atoms with Crippen LogP contribution in [0, 0.1) is 6.92 Å². The van der Waals surface area contributed by atoms with Crippen LogP contribution in [0.4, 0.5) is 5.13 Å². The fourth-order valence-electron chi connectivity index (χ4n) is 2.19. The lowest BCUT2D eigenvalue weighted by atomic mass is 10.1. The molecular weight excluding hydrogens is 288 g/mol. The topological polar surface area (TPSA) is 24.9 Å². The van der Waals surface area contributed by atoms with Crippen molar-refractivity contribution in [2.45, 2.75) is 13.3 Å². The van der Waals surface area contributed by atoms with E-state index in [1.807, 2.05) is 18.2 Å². The molecule has 0 spiro atoms. The third-order valence-electron chi connectivity index (χ3n) is 3.30. The zero-order chi connectivity index (χ0) is 13.9. The van der Waals surface area contributed by atoms with E-state index in [9.17, 15) is 0 Å². The van der Waals surface area contributed by atoms with E-state index in [1.54, 1.807) is 11.3 Å². The van der Waals surface area contributed by atoms with E-state index >= 15 is 0 Å². The number of halogens is 1. The lowest BCUT2D eigenvalue weighted by Crippen LogP contribution is -2.05. The summed E-state index contributed by atoms with van der Waals surface area (Å²) in [6.45, 7) is 3.02. The van der Waals surface area contributed by atoms with Crippen molar-refractivity contribution in [2.24, 2.45) is 0 Å². The molecule has 4 heteroatoms. The molecule has 1 N–H and O–H groups in total. The highest BCUT2D eigenvalue weighted by molar-refractivity contribution is 7.22. The maximum Gasteiger partial charge on any atom is 0.183 e. The summed E-state index contributed by atoms with van der Waals surface area (Å²) in [5.74, 6) is 0. The van der Waals surface area contributed by atoms with Crippen LogP contribution < -0.4 is 5.32 Å². The summed E-state index contributed by atoms with van der Waals surface area (Å²) in [5.41, 5.74) is 3.67. The molecule has 0 bridgehead atoms. The second-order valence-corrected chi connectivity index (χ2v) is 6.12. The highest BCUT2D eigenvalue weighted by atomic mass is 35.5. The third kappa shape index (κ3) is 2.79. The molecule has 1 aromatic heterocycles. The number of rotatable bonds is 4. The second-order valence-electron chi connectivity index (χ2n) is 4.71. The van der Waals surface area contributed by atoms with E-state index in [0.717, 1.165) is 33.3 Å². The molecule has 0 aliphatic rings. The van der Waals surface area contributed by atoms with E-state index in [-0.39, 0.29) is 0 Å². The van der Waals surface area contributed by atoms with Gasteiger partial charge in [0, 0.05) is 6.54 Å². The van der Waals surface area contributed by atoms with Gasteiger partial charge in [0.05, 0.1) is 15.2 Å². The molecule has 2 aromatic carbocycles. The van der Waals surface area contributed by atoms with Gasteiger partial charge < -0.3 is 5.32 Å². The normalized spacial score (nSPS) is 10.9. The molecule has 3 aromatic rings. The molecule has 0 fully saturated rings. The Bertz CT molecular complexity index is 736. The molecule has 3 rings (SSSR count). The number of nitrogens with one attached hydrogen (secondary N) is 1. The Kier molecular flexibility index (Phi) is 3.90. The minimum atomic E-state index is 0.770. The van der Waals surface area contributed by atoms with E-state index in [0.29, 0.717) is 0 Å².